The van der Waals surface area contributed by atoms with E-state index in [9.17, 15) is 0 Å². The number of fused-ring (bicyclic) bond motifs is 1. The Bertz CT molecular complexity index is 384. The van der Waals surface area contributed by atoms with Crippen molar-refractivity contribution in [3.63, 3.8) is 0 Å². The molecule has 1 aliphatic heterocycles. The van der Waals surface area contributed by atoms with Gasteiger partial charge in [-0.3, -0.25) is 4.90 Å². The van der Waals surface area contributed by atoms with E-state index in [1.165, 1.54) is 0 Å². The van der Waals surface area contributed by atoms with Crippen molar-refractivity contribution in [2.75, 3.05) is 33.4 Å². The number of hydrogen-bond donors (Lipinski definition) is 1. The number of nitrogens with zero attached hydrogens (tertiary/aromatic N) is 1. The summed E-state index contributed by atoms with van der Waals surface area (Å²) in [4.78, 5) is 2.22. The molecule has 0 bridgehead atoms. The molecule has 2 unspecified atom stereocenters. The Morgan fingerprint density at radius 3 is 3.00 bits per heavy atom. The second-order valence-electron chi connectivity index (χ2n) is 4.62. The minimum absolute atomic E-state index is 0.00146. The van der Waals surface area contributed by atoms with Gasteiger partial charge in [-0.2, -0.15) is 0 Å². The number of rotatable bonds is 5. The van der Waals surface area contributed by atoms with Crippen LogP contribution in [0.15, 0.2) is 24.3 Å². The largest absolute Gasteiger partial charge is 0.492 e. The molecule has 100 valence electrons. The van der Waals surface area contributed by atoms with Gasteiger partial charge in [-0.05, 0) is 20.0 Å². The van der Waals surface area contributed by atoms with E-state index in [4.69, 9.17) is 15.2 Å². The molecule has 0 fully saturated rings. The van der Waals surface area contributed by atoms with Gasteiger partial charge in [-0.1, -0.05) is 18.2 Å². The predicted octanol–water partition coefficient (Wildman–Crippen LogP) is 1.42. The highest BCUT2D eigenvalue weighted by molar-refractivity contribution is 5.38. The van der Waals surface area contributed by atoms with Gasteiger partial charge in [0.05, 0.1) is 18.7 Å². The number of benzene rings is 1. The van der Waals surface area contributed by atoms with Crippen molar-refractivity contribution in [2.45, 2.75) is 19.0 Å². The Labute approximate surface area is 109 Å². The standard InChI is InChI=1S/C14H22N2O2/c1-3-17-9-8-16(2)12-10-18-13-7-5-4-6-11(13)14(12)15/h4-7,12,14H,3,8-10,15H2,1-2H3. The zero-order valence-electron chi connectivity index (χ0n) is 11.1. The third-order valence-electron chi connectivity index (χ3n) is 3.46. The monoisotopic (exact) mass is 250 g/mol. The molecule has 0 amide bonds. The van der Waals surface area contributed by atoms with E-state index in [0.717, 1.165) is 31.1 Å². The maximum absolute atomic E-state index is 6.33. The molecular formula is C14H22N2O2. The topological polar surface area (TPSA) is 47.7 Å². The maximum atomic E-state index is 6.33. The summed E-state index contributed by atoms with van der Waals surface area (Å²) in [6, 6.07) is 8.21. The van der Waals surface area contributed by atoms with Crippen molar-refractivity contribution in [3.05, 3.63) is 29.8 Å². The first-order chi connectivity index (χ1) is 8.74. The molecule has 2 rings (SSSR count). The van der Waals surface area contributed by atoms with E-state index >= 15 is 0 Å². The van der Waals surface area contributed by atoms with E-state index in [0.29, 0.717) is 6.61 Å². The van der Waals surface area contributed by atoms with Gasteiger partial charge in [0.25, 0.3) is 0 Å². The molecule has 2 atom stereocenters. The number of hydrogen-bond acceptors (Lipinski definition) is 4. The van der Waals surface area contributed by atoms with Crippen molar-refractivity contribution in [1.29, 1.82) is 0 Å². The lowest BCUT2D eigenvalue weighted by molar-refractivity contribution is 0.0744. The maximum Gasteiger partial charge on any atom is 0.124 e. The summed E-state index contributed by atoms with van der Waals surface area (Å²) in [5, 5.41) is 0. The van der Waals surface area contributed by atoms with Crippen LogP contribution in [0.5, 0.6) is 5.75 Å². The molecule has 0 aliphatic carbocycles. The third kappa shape index (κ3) is 2.83. The van der Waals surface area contributed by atoms with Crippen molar-refractivity contribution in [1.82, 2.24) is 4.90 Å². The predicted molar refractivity (Wildman–Crippen MR) is 71.8 cm³/mol. The van der Waals surface area contributed by atoms with Gasteiger partial charge in [0.1, 0.15) is 12.4 Å². The fourth-order valence-electron chi connectivity index (χ4n) is 2.29. The Hall–Kier alpha value is -1.10. The quantitative estimate of drug-likeness (QED) is 0.803. The zero-order chi connectivity index (χ0) is 13.0. The van der Waals surface area contributed by atoms with E-state index < -0.39 is 0 Å². The summed E-state index contributed by atoms with van der Waals surface area (Å²) in [6.45, 7) is 5.01. The van der Waals surface area contributed by atoms with E-state index in [1.54, 1.807) is 0 Å². The smallest absolute Gasteiger partial charge is 0.124 e. The highest BCUT2D eigenvalue weighted by atomic mass is 16.5. The Morgan fingerprint density at radius 2 is 2.22 bits per heavy atom. The summed E-state index contributed by atoms with van der Waals surface area (Å²) in [7, 11) is 2.07. The van der Waals surface area contributed by atoms with Crippen LogP contribution in [0.25, 0.3) is 0 Å². The minimum Gasteiger partial charge on any atom is -0.492 e. The molecule has 0 aromatic heterocycles. The average Bonchev–Trinajstić information content (AvgIpc) is 2.39. The van der Waals surface area contributed by atoms with Gasteiger partial charge >= 0.3 is 0 Å². The first-order valence-corrected chi connectivity index (χ1v) is 6.49. The van der Waals surface area contributed by atoms with Gasteiger partial charge in [0, 0.05) is 18.7 Å². The molecule has 1 aromatic carbocycles. The summed E-state index contributed by atoms with van der Waals surface area (Å²) in [5.41, 5.74) is 7.43. The Balaban J connectivity index is 2.00. The molecule has 0 saturated heterocycles. The van der Waals surface area contributed by atoms with Crippen molar-refractivity contribution in [3.8, 4) is 5.75 Å². The second-order valence-corrected chi connectivity index (χ2v) is 4.62. The molecule has 0 saturated carbocycles. The molecule has 0 radical (unpaired) electrons. The van der Waals surface area contributed by atoms with Crippen LogP contribution >= 0.6 is 0 Å². The van der Waals surface area contributed by atoms with Crippen LogP contribution in [0.2, 0.25) is 0 Å². The lowest BCUT2D eigenvalue weighted by Crippen LogP contribution is -2.48. The summed E-state index contributed by atoms with van der Waals surface area (Å²) < 4.78 is 11.1. The van der Waals surface area contributed by atoms with Crippen molar-refractivity contribution in [2.24, 2.45) is 5.73 Å². The van der Waals surface area contributed by atoms with Crippen molar-refractivity contribution >= 4 is 0 Å². The SMILES string of the molecule is CCOCCN(C)C1COc2ccccc2C1N. The molecule has 1 aromatic rings. The van der Waals surface area contributed by atoms with Crippen LogP contribution in [0.1, 0.15) is 18.5 Å². The average molecular weight is 250 g/mol. The van der Waals surface area contributed by atoms with E-state index in [2.05, 4.69) is 11.9 Å². The normalized spacial score (nSPS) is 22.7. The number of ether oxygens (including phenoxy) is 2. The molecule has 4 nitrogen and oxygen atoms in total. The fraction of sp³-hybridized carbons (Fsp3) is 0.571. The molecule has 1 aliphatic rings. The first-order valence-electron chi connectivity index (χ1n) is 6.49. The summed E-state index contributed by atoms with van der Waals surface area (Å²) >= 11 is 0. The molecule has 4 heteroatoms. The molecule has 1 heterocycles. The lowest BCUT2D eigenvalue weighted by Gasteiger charge is -2.37. The summed E-state index contributed by atoms with van der Waals surface area (Å²) in [6.07, 6.45) is 0. The van der Waals surface area contributed by atoms with Crippen LogP contribution < -0.4 is 10.5 Å². The van der Waals surface area contributed by atoms with Gasteiger partial charge < -0.3 is 15.2 Å². The molecule has 18 heavy (non-hydrogen) atoms. The first kappa shape index (κ1) is 13.3. The van der Waals surface area contributed by atoms with Gasteiger partial charge in [-0.25, -0.2) is 0 Å². The second kappa shape index (κ2) is 6.18. The van der Waals surface area contributed by atoms with Crippen LogP contribution in [0, 0.1) is 0 Å². The highest BCUT2D eigenvalue weighted by Crippen LogP contribution is 2.31. The van der Waals surface area contributed by atoms with Crippen LogP contribution in [0.4, 0.5) is 0 Å². The Kier molecular flexibility index (Phi) is 4.58. The number of para-hydroxylation sites is 1. The van der Waals surface area contributed by atoms with E-state index in [-0.39, 0.29) is 12.1 Å². The zero-order valence-corrected chi connectivity index (χ0v) is 11.1. The van der Waals surface area contributed by atoms with Crippen LogP contribution in [0.3, 0.4) is 0 Å². The van der Waals surface area contributed by atoms with Crippen LogP contribution in [-0.4, -0.2) is 44.4 Å². The molecule has 2 N–H and O–H groups in total. The molecular weight excluding hydrogens is 228 g/mol. The number of likely N-dealkylation sites (N-methyl/N-ethyl adjacent to an activating group) is 1. The Morgan fingerprint density at radius 1 is 1.44 bits per heavy atom. The molecule has 0 spiro atoms. The minimum atomic E-state index is 0.00146. The van der Waals surface area contributed by atoms with Gasteiger partial charge in [0.15, 0.2) is 0 Å². The van der Waals surface area contributed by atoms with Crippen LogP contribution in [-0.2, 0) is 4.74 Å². The van der Waals surface area contributed by atoms with Crippen molar-refractivity contribution < 1.29 is 9.47 Å². The highest BCUT2D eigenvalue weighted by Gasteiger charge is 2.30. The van der Waals surface area contributed by atoms with Gasteiger partial charge in [0.2, 0.25) is 0 Å². The number of nitrogens with two attached hydrogens (primary N) is 1. The summed E-state index contributed by atoms with van der Waals surface area (Å²) in [5.74, 6) is 0.916. The third-order valence-corrected chi connectivity index (χ3v) is 3.46. The fourth-order valence-corrected chi connectivity index (χ4v) is 2.29. The lowest BCUT2D eigenvalue weighted by atomic mass is 9.96. The van der Waals surface area contributed by atoms with Gasteiger partial charge in [-0.15, -0.1) is 0 Å². The van der Waals surface area contributed by atoms with E-state index in [1.807, 2.05) is 31.2 Å².